The predicted octanol–water partition coefficient (Wildman–Crippen LogP) is 3.26. The van der Waals surface area contributed by atoms with Gasteiger partial charge in [-0.3, -0.25) is 14.9 Å². The Kier molecular flexibility index (Phi) is 5.08. The molecule has 2 aromatic carbocycles. The van der Waals surface area contributed by atoms with E-state index in [9.17, 15) is 18.0 Å². The molecule has 0 saturated heterocycles. The van der Waals surface area contributed by atoms with Crippen LogP contribution in [0, 0.1) is 0 Å². The van der Waals surface area contributed by atoms with E-state index in [1.54, 1.807) is 0 Å². The smallest absolute Gasteiger partial charge is 0.258 e. The number of imide groups is 1. The molecule has 1 aromatic heterocycles. The Labute approximate surface area is 172 Å². The highest BCUT2D eigenvalue weighted by Gasteiger charge is 2.30. The minimum Gasteiger partial charge on any atom is -0.288 e. The molecule has 6 nitrogen and oxygen atoms in total. The van der Waals surface area contributed by atoms with Crippen LogP contribution in [0.1, 0.15) is 49.7 Å². The highest BCUT2D eigenvalue weighted by Crippen LogP contribution is 2.29. The van der Waals surface area contributed by atoms with E-state index in [0.29, 0.717) is 0 Å². The summed E-state index contributed by atoms with van der Waals surface area (Å²) < 4.78 is 28.9. The fraction of sp³-hybridized carbons (Fsp3) is 0.143. The van der Waals surface area contributed by atoms with Gasteiger partial charge in [0.2, 0.25) is 10.0 Å². The number of carbonyl (C=O) groups is 2. The van der Waals surface area contributed by atoms with Gasteiger partial charge in [0.1, 0.15) is 0 Å². The number of nitrogens with one attached hydrogen (secondary N) is 2. The molecule has 0 bridgehead atoms. The minimum absolute atomic E-state index is 0.0622. The number of rotatable bonds is 6. The number of hydrogen-bond donors (Lipinski definition) is 2. The summed E-state index contributed by atoms with van der Waals surface area (Å²) in [5.74, 6) is -1.11. The first-order valence-corrected chi connectivity index (χ1v) is 11.4. The molecule has 1 unspecified atom stereocenters. The Hall–Kier alpha value is -2.81. The maximum atomic E-state index is 13.1. The van der Waals surface area contributed by atoms with E-state index in [1.807, 2.05) is 41.8 Å². The standard InChI is InChI=1S/C21H18N2O4S2/c1-2-13-5-7-14(8-6-13)19(18-4-3-11-28-18)23-29(26,27)15-9-10-16-17(12-15)21(25)22-20(16)24/h3-12,19,23H,2H2,1H3,(H,22,24,25). The van der Waals surface area contributed by atoms with Crippen molar-refractivity contribution in [2.75, 3.05) is 0 Å². The third-order valence-corrected chi connectivity index (χ3v) is 7.20. The lowest BCUT2D eigenvalue weighted by Crippen LogP contribution is -2.29. The van der Waals surface area contributed by atoms with Gasteiger partial charge in [0.15, 0.2) is 0 Å². The molecular weight excluding hydrogens is 408 g/mol. The first-order chi connectivity index (χ1) is 13.9. The summed E-state index contributed by atoms with van der Waals surface area (Å²) in [4.78, 5) is 24.4. The normalized spacial score (nSPS) is 14.5. The summed E-state index contributed by atoms with van der Waals surface area (Å²) in [6, 6.07) is 14.9. The van der Waals surface area contributed by atoms with Crippen molar-refractivity contribution < 1.29 is 18.0 Å². The lowest BCUT2D eigenvalue weighted by Gasteiger charge is -2.19. The van der Waals surface area contributed by atoms with Gasteiger partial charge in [0, 0.05) is 4.88 Å². The van der Waals surface area contributed by atoms with Gasteiger partial charge in [-0.2, -0.15) is 4.72 Å². The Balaban J connectivity index is 1.71. The molecule has 1 aliphatic rings. The van der Waals surface area contributed by atoms with E-state index in [4.69, 9.17) is 0 Å². The van der Waals surface area contributed by atoms with Crippen LogP contribution in [-0.4, -0.2) is 20.2 Å². The van der Waals surface area contributed by atoms with Crippen molar-refractivity contribution in [3.05, 3.63) is 87.1 Å². The number of benzene rings is 2. The SMILES string of the molecule is CCc1ccc(C(NS(=O)(=O)c2ccc3c(c2)C(=O)NC3=O)c2cccs2)cc1. The average Bonchev–Trinajstić information content (AvgIpc) is 3.35. The summed E-state index contributed by atoms with van der Waals surface area (Å²) in [7, 11) is -3.95. The van der Waals surface area contributed by atoms with Crippen molar-refractivity contribution in [1.29, 1.82) is 0 Å². The van der Waals surface area contributed by atoms with Crippen LogP contribution in [0.3, 0.4) is 0 Å². The van der Waals surface area contributed by atoms with Crippen molar-refractivity contribution in [1.82, 2.24) is 10.0 Å². The van der Waals surface area contributed by atoms with Crippen LogP contribution in [0.4, 0.5) is 0 Å². The molecule has 2 heterocycles. The number of fused-ring (bicyclic) bond motifs is 1. The molecule has 29 heavy (non-hydrogen) atoms. The van der Waals surface area contributed by atoms with E-state index in [2.05, 4.69) is 17.0 Å². The van der Waals surface area contributed by atoms with Crippen molar-refractivity contribution in [3.63, 3.8) is 0 Å². The quantitative estimate of drug-likeness (QED) is 0.592. The zero-order valence-corrected chi connectivity index (χ0v) is 17.1. The lowest BCUT2D eigenvalue weighted by molar-refractivity contribution is 0.0879. The monoisotopic (exact) mass is 426 g/mol. The van der Waals surface area contributed by atoms with E-state index in [-0.39, 0.29) is 16.0 Å². The Bertz CT molecular complexity index is 1180. The zero-order chi connectivity index (χ0) is 20.6. The molecule has 1 aliphatic heterocycles. The third-order valence-electron chi connectivity index (χ3n) is 4.84. The summed E-state index contributed by atoms with van der Waals surface area (Å²) in [6.45, 7) is 2.06. The first-order valence-electron chi connectivity index (χ1n) is 9.03. The van der Waals surface area contributed by atoms with Crippen molar-refractivity contribution >= 4 is 33.2 Å². The fourth-order valence-corrected chi connectivity index (χ4v) is 5.34. The van der Waals surface area contributed by atoms with Crippen LogP contribution in [0.15, 0.2) is 64.9 Å². The highest BCUT2D eigenvalue weighted by molar-refractivity contribution is 7.89. The number of carbonyl (C=O) groups excluding carboxylic acids is 2. The van der Waals surface area contributed by atoms with Crippen molar-refractivity contribution in [2.45, 2.75) is 24.3 Å². The molecule has 0 spiro atoms. The summed E-state index contributed by atoms with van der Waals surface area (Å²) in [5, 5.41) is 4.06. The second-order valence-corrected chi connectivity index (χ2v) is 9.35. The summed E-state index contributed by atoms with van der Waals surface area (Å²) in [6.07, 6.45) is 0.894. The predicted molar refractivity (Wildman–Crippen MR) is 111 cm³/mol. The molecule has 0 radical (unpaired) electrons. The molecule has 0 saturated carbocycles. The van der Waals surface area contributed by atoms with Gasteiger partial charge in [-0.25, -0.2) is 8.42 Å². The molecule has 0 aliphatic carbocycles. The maximum Gasteiger partial charge on any atom is 0.258 e. The van der Waals surface area contributed by atoms with Gasteiger partial charge < -0.3 is 0 Å². The fourth-order valence-electron chi connectivity index (χ4n) is 3.23. The molecule has 8 heteroatoms. The topological polar surface area (TPSA) is 92.3 Å². The molecule has 148 valence electrons. The first kappa shape index (κ1) is 19.5. The third kappa shape index (κ3) is 3.74. The van der Waals surface area contributed by atoms with Crippen LogP contribution < -0.4 is 10.0 Å². The maximum absolute atomic E-state index is 13.1. The Morgan fingerprint density at radius 1 is 1.00 bits per heavy atom. The average molecular weight is 427 g/mol. The van der Waals surface area contributed by atoms with E-state index in [0.717, 1.165) is 22.4 Å². The molecular formula is C21H18N2O4S2. The van der Waals surface area contributed by atoms with Gasteiger partial charge in [-0.1, -0.05) is 37.3 Å². The second-order valence-electron chi connectivity index (χ2n) is 6.66. The van der Waals surface area contributed by atoms with Crippen LogP contribution in [0.5, 0.6) is 0 Å². The van der Waals surface area contributed by atoms with E-state index < -0.39 is 27.9 Å². The van der Waals surface area contributed by atoms with Crippen LogP contribution >= 0.6 is 11.3 Å². The molecule has 3 aromatic rings. The zero-order valence-electron chi connectivity index (χ0n) is 15.5. The van der Waals surface area contributed by atoms with Gasteiger partial charge in [0.25, 0.3) is 11.8 Å². The largest absolute Gasteiger partial charge is 0.288 e. The Morgan fingerprint density at radius 3 is 2.38 bits per heavy atom. The number of aryl methyl sites for hydroxylation is 1. The van der Waals surface area contributed by atoms with Gasteiger partial charge in [-0.05, 0) is 47.2 Å². The number of hydrogen-bond acceptors (Lipinski definition) is 5. The van der Waals surface area contributed by atoms with Gasteiger partial charge in [0.05, 0.1) is 22.1 Å². The molecule has 4 rings (SSSR count). The van der Waals surface area contributed by atoms with Crippen LogP contribution in [0.25, 0.3) is 0 Å². The number of thiophene rings is 1. The van der Waals surface area contributed by atoms with E-state index >= 15 is 0 Å². The molecule has 2 amide bonds. The molecule has 0 fully saturated rings. The lowest BCUT2D eigenvalue weighted by atomic mass is 10.0. The molecule has 1 atom stereocenters. The number of sulfonamides is 1. The summed E-state index contributed by atoms with van der Waals surface area (Å²) >= 11 is 1.46. The summed E-state index contributed by atoms with van der Waals surface area (Å²) in [5.41, 5.74) is 2.23. The van der Waals surface area contributed by atoms with Gasteiger partial charge >= 0.3 is 0 Å². The van der Waals surface area contributed by atoms with Gasteiger partial charge in [-0.15, -0.1) is 11.3 Å². The number of amides is 2. The van der Waals surface area contributed by atoms with Crippen molar-refractivity contribution in [3.8, 4) is 0 Å². The van der Waals surface area contributed by atoms with E-state index in [1.165, 1.54) is 29.5 Å². The highest BCUT2D eigenvalue weighted by atomic mass is 32.2. The van der Waals surface area contributed by atoms with Crippen molar-refractivity contribution in [2.24, 2.45) is 0 Å². The van der Waals surface area contributed by atoms with Crippen LogP contribution in [-0.2, 0) is 16.4 Å². The molecule has 2 N–H and O–H groups in total. The minimum atomic E-state index is -3.95. The second kappa shape index (κ2) is 7.55. The van der Waals surface area contributed by atoms with Crippen LogP contribution in [0.2, 0.25) is 0 Å². The Morgan fingerprint density at radius 2 is 1.72 bits per heavy atom.